The Hall–Kier alpha value is -1.48. The van der Waals surface area contributed by atoms with Crippen LogP contribution >= 0.6 is 0 Å². The van der Waals surface area contributed by atoms with E-state index in [0.717, 1.165) is 31.9 Å². The summed E-state index contributed by atoms with van der Waals surface area (Å²) >= 11 is 0. The topological polar surface area (TPSA) is 26.2 Å². The number of hydrogen-bond donors (Lipinski definition) is 1. The number of rotatable bonds is 9. The van der Waals surface area contributed by atoms with Gasteiger partial charge in [-0.1, -0.05) is 26.3 Å². The molecule has 0 amide bonds. The third-order valence-electron chi connectivity index (χ3n) is 3.80. The predicted molar refractivity (Wildman–Crippen MR) is 90.1 cm³/mol. The molecule has 0 bridgehead atoms. The fourth-order valence-corrected chi connectivity index (χ4v) is 2.69. The van der Waals surface area contributed by atoms with E-state index in [1.165, 1.54) is 23.7 Å². The number of hydrogen-bond acceptors (Lipinski definition) is 2. The summed E-state index contributed by atoms with van der Waals surface area (Å²) < 4.78 is 8.13. The quantitative estimate of drug-likeness (QED) is 0.748. The van der Waals surface area contributed by atoms with Crippen molar-refractivity contribution >= 4 is 10.9 Å². The lowest BCUT2D eigenvalue weighted by Gasteiger charge is -2.13. The highest BCUT2D eigenvalue weighted by atomic mass is 16.5. The van der Waals surface area contributed by atoms with Crippen LogP contribution in [0.15, 0.2) is 30.5 Å². The van der Waals surface area contributed by atoms with E-state index in [9.17, 15) is 0 Å². The Balaban J connectivity index is 2.01. The molecule has 116 valence electrons. The molecule has 3 nitrogen and oxygen atoms in total. The Kier molecular flexibility index (Phi) is 6.12. The normalized spacial score (nSPS) is 12.7. The zero-order valence-corrected chi connectivity index (χ0v) is 13.6. The average Bonchev–Trinajstić information content (AvgIpc) is 2.89. The minimum atomic E-state index is 0.597. The second-order valence-corrected chi connectivity index (χ2v) is 5.69. The minimum Gasteiger partial charge on any atom is -0.493 e. The van der Waals surface area contributed by atoms with Crippen LogP contribution in [0.2, 0.25) is 0 Å². The van der Waals surface area contributed by atoms with Crippen molar-refractivity contribution < 1.29 is 4.74 Å². The highest BCUT2D eigenvalue weighted by Gasteiger charge is 2.06. The van der Waals surface area contributed by atoms with Crippen LogP contribution in [0.1, 0.15) is 40.0 Å². The van der Waals surface area contributed by atoms with Crippen LogP contribution in [0.3, 0.4) is 0 Å². The molecule has 1 aromatic carbocycles. The Morgan fingerprint density at radius 3 is 2.81 bits per heavy atom. The lowest BCUT2D eigenvalue weighted by atomic mass is 10.2. The van der Waals surface area contributed by atoms with Gasteiger partial charge in [0.25, 0.3) is 0 Å². The minimum absolute atomic E-state index is 0.597. The van der Waals surface area contributed by atoms with Gasteiger partial charge >= 0.3 is 0 Å². The molecule has 1 unspecified atom stereocenters. The summed E-state index contributed by atoms with van der Waals surface area (Å²) in [7, 11) is 0. The van der Waals surface area contributed by atoms with Gasteiger partial charge in [0.15, 0.2) is 0 Å². The second-order valence-electron chi connectivity index (χ2n) is 5.69. The second kappa shape index (κ2) is 8.08. The summed E-state index contributed by atoms with van der Waals surface area (Å²) in [5.74, 6) is 1.00. The maximum absolute atomic E-state index is 5.83. The molecule has 2 rings (SSSR count). The standard InChI is InChI=1S/C18H28N2O/c1-4-7-15(3)19-11-13-20-12-10-16-17(20)8-6-9-18(16)21-14-5-2/h6,8-10,12,15,19H,4-5,7,11,13-14H2,1-3H3. The average molecular weight is 288 g/mol. The fourth-order valence-electron chi connectivity index (χ4n) is 2.69. The summed E-state index contributed by atoms with van der Waals surface area (Å²) in [6.45, 7) is 9.40. The van der Waals surface area contributed by atoms with Crippen molar-refractivity contribution in [3.05, 3.63) is 30.5 Å². The van der Waals surface area contributed by atoms with Gasteiger partial charge in [-0.3, -0.25) is 0 Å². The van der Waals surface area contributed by atoms with E-state index in [2.05, 4.69) is 61.1 Å². The molecule has 1 aromatic heterocycles. The summed E-state index contributed by atoms with van der Waals surface area (Å²) in [5, 5.41) is 4.80. The zero-order chi connectivity index (χ0) is 15.1. The van der Waals surface area contributed by atoms with Crippen molar-refractivity contribution in [3.8, 4) is 5.75 Å². The molecule has 0 radical (unpaired) electrons. The monoisotopic (exact) mass is 288 g/mol. The molecule has 1 N–H and O–H groups in total. The van der Waals surface area contributed by atoms with Gasteiger partial charge in [-0.25, -0.2) is 0 Å². The van der Waals surface area contributed by atoms with Crippen LogP contribution < -0.4 is 10.1 Å². The first-order chi connectivity index (χ1) is 10.3. The molecule has 0 saturated heterocycles. The van der Waals surface area contributed by atoms with Gasteiger partial charge in [0, 0.05) is 30.7 Å². The summed E-state index contributed by atoms with van der Waals surface area (Å²) in [4.78, 5) is 0. The van der Waals surface area contributed by atoms with Crippen LogP contribution in [-0.4, -0.2) is 23.8 Å². The molecule has 0 aliphatic rings. The molecule has 0 aliphatic heterocycles. The van der Waals surface area contributed by atoms with Crippen molar-refractivity contribution in [2.45, 2.75) is 52.6 Å². The number of nitrogens with zero attached hydrogens (tertiary/aromatic N) is 1. The zero-order valence-electron chi connectivity index (χ0n) is 13.6. The first kappa shape index (κ1) is 15.9. The van der Waals surface area contributed by atoms with Gasteiger partial charge in [0.05, 0.1) is 12.1 Å². The third-order valence-corrected chi connectivity index (χ3v) is 3.80. The molecule has 0 fully saturated rings. The lowest BCUT2D eigenvalue weighted by Crippen LogP contribution is -2.29. The molecule has 0 spiro atoms. The maximum atomic E-state index is 5.83. The lowest BCUT2D eigenvalue weighted by molar-refractivity contribution is 0.321. The smallest absolute Gasteiger partial charge is 0.128 e. The van der Waals surface area contributed by atoms with Crippen molar-refractivity contribution in [2.24, 2.45) is 0 Å². The first-order valence-corrected chi connectivity index (χ1v) is 8.20. The van der Waals surface area contributed by atoms with Gasteiger partial charge < -0.3 is 14.6 Å². The Labute approximate surface area is 128 Å². The van der Waals surface area contributed by atoms with E-state index in [1.54, 1.807) is 0 Å². The highest BCUT2D eigenvalue weighted by molar-refractivity contribution is 5.86. The summed E-state index contributed by atoms with van der Waals surface area (Å²) in [6.07, 6.45) is 5.67. The Morgan fingerprint density at radius 2 is 2.05 bits per heavy atom. The number of ether oxygens (including phenoxy) is 1. The third kappa shape index (κ3) is 4.24. The molecule has 1 atom stereocenters. The fraction of sp³-hybridized carbons (Fsp3) is 0.556. The van der Waals surface area contributed by atoms with Gasteiger partial charge in [-0.2, -0.15) is 0 Å². The van der Waals surface area contributed by atoms with Crippen molar-refractivity contribution in [3.63, 3.8) is 0 Å². The molecule has 0 saturated carbocycles. The van der Waals surface area contributed by atoms with Gasteiger partial charge in [-0.15, -0.1) is 0 Å². The summed E-state index contributed by atoms with van der Waals surface area (Å²) in [6, 6.07) is 9.07. The predicted octanol–water partition coefficient (Wildman–Crippen LogP) is 4.21. The molecule has 3 heteroatoms. The van der Waals surface area contributed by atoms with Crippen LogP contribution in [0, 0.1) is 0 Å². The Bertz CT molecular complexity index is 547. The number of nitrogens with one attached hydrogen (secondary N) is 1. The summed E-state index contributed by atoms with van der Waals surface area (Å²) in [5.41, 5.74) is 1.26. The van der Waals surface area contributed by atoms with Crippen LogP contribution in [-0.2, 0) is 6.54 Å². The van der Waals surface area contributed by atoms with Crippen molar-refractivity contribution in [1.29, 1.82) is 0 Å². The van der Waals surface area contributed by atoms with Gasteiger partial charge in [0.2, 0.25) is 0 Å². The van der Waals surface area contributed by atoms with E-state index >= 15 is 0 Å². The first-order valence-electron chi connectivity index (χ1n) is 8.20. The van der Waals surface area contributed by atoms with E-state index in [-0.39, 0.29) is 0 Å². The molecular formula is C18H28N2O. The van der Waals surface area contributed by atoms with E-state index in [4.69, 9.17) is 4.74 Å². The van der Waals surface area contributed by atoms with Crippen molar-refractivity contribution in [2.75, 3.05) is 13.2 Å². The van der Waals surface area contributed by atoms with Gasteiger partial charge in [0.1, 0.15) is 5.75 Å². The van der Waals surface area contributed by atoms with Crippen LogP contribution in [0.25, 0.3) is 10.9 Å². The van der Waals surface area contributed by atoms with Crippen molar-refractivity contribution in [1.82, 2.24) is 9.88 Å². The van der Waals surface area contributed by atoms with E-state index in [1.807, 2.05) is 0 Å². The number of fused-ring (bicyclic) bond motifs is 1. The number of benzene rings is 1. The van der Waals surface area contributed by atoms with Crippen LogP contribution in [0.5, 0.6) is 5.75 Å². The SMILES string of the molecule is CCCOc1cccc2c1ccn2CCNC(C)CCC. The molecule has 0 aliphatic carbocycles. The molecule has 2 aromatic rings. The number of aromatic nitrogens is 1. The van der Waals surface area contributed by atoms with Gasteiger partial charge in [-0.05, 0) is 38.0 Å². The largest absolute Gasteiger partial charge is 0.493 e. The van der Waals surface area contributed by atoms with Crippen LogP contribution in [0.4, 0.5) is 0 Å². The molecule has 1 heterocycles. The molecular weight excluding hydrogens is 260 g/mol. The maximum Gasteiger partial charge on any atom is 0.128 e. The molecule has 21 heavy (non-hydrogen) atoms. The van der Waals surface area contributed by atoms with E-state index < -0.39 is 0 Å². The Morgan fingerprint density at radius 1 is 1.19 bits per heavy atom. The highest BCUT2D eigenvalue weighted by Crippen LogP contribution is 2.26. The van der Waals surface area contributed by atoms with E-state index in [0.29, 0.717) is 6.04 Å².